The molecule has 0 spiro atoms. The van der Waals surface area contributed by atoms with Crippen molar-refractivity contribution in [3.8, 4) is 0 Å². The van der Waals surface area contributed by atoms with Crippen molar-refractivity contribution in [2.75, 3.05) is 46.4 Å². The molecule has 6 nitrogen and oxygen atoms in total. The van der Waals surface area contributed by atoms with Gasteiger partial charge in [-0.2, -0.15) is 0 Å². The highest BCUT2D eigenvalue weighted by atomic mass is 32.1. The monoisotopic (exact) mass is 375 g/mol. The summed E-state index contributed by atoms with van der Waals surface area (Å²) < 4.78 is 5.42. The van der Waals surface area contributed by atoms with Crippen molar-refractivity contribution in [1.82, 2.24) is 15.2 Å². The maximum absolute atomic E-state index is 12.6. The van der Waals surface area contributed by atoms with Crippen LogP contribution in [0, 0.1) is 6.92 Å². The van der Waals surface area contributed by atoms with E-state index < -0.39 is 0 Å². The van der Waals surface area contributed by atoms with E-state index in [2.05, 4.69) is 15.2 Å². The Morgan fingerprint density at radius 2 is 2.15 bits per heavy atom. The fourth-order valence-corrected chi connectivity index (χ4v) is 3.52. The summed E-state index contributed by atoms with van der Waals surface area (Å²) in [5, 5.41) is 4.77. The molecule has 0 saturated carbocycles. The van der Waals surface area contributed by atoms with Crippen LogP contribution >= 0.6 is 12.2 Å². The van der Waals surface area contributed by atoms with Crippen molar-refractivity contribution in [3.63, 3.8) is 0 Å². The van der Waals surface area contributed by atoms with E-state index >= 15 is 0 Å². The molecule has 0 unspecified atom stereocenters. The van der Waals surface area contributed by atoms with E-state index in [0.29, 0.717) is 11.7 Å². The van der Waals surface area contributed by atoms with Crippen LogP contribution in [0.25, 0.3) is 10.9 Å². The summed E-state index contributed by atoms with van der Waals surface area (Å²) >= 11 is 5.47. The third-order valence-electron chi connectivity index (χ3n) is 4.96. The molecule has 0 atom stereocenters. The summed E-state index contributed by atoms with van der Waals surface area (Å²) in [6.07, 6.45) is 0. The number of benzene rings is 1. The molecule has 26 heavy (non-hydrogen) atoms. The van der Waals surface area contributed by atoms with Gasteiger partial charge in [-0.3, -0.25) is 4.79 Å². The summed E-state index contributed by atoms with van der Waals surface area (Å²) in [5.41, 5.74) is 2.67. The minimum atomic E-state index is -0.0468. The van der Waals surface area contributed by atoms with Crippen LogP contribution in [0.15, 0.2) is 29.1 Å². The van der Waals surface area contributed by atoms with Gasteiger partial charge < -0.3 is 24.8 Å². The Balaban J connectivity index is 1.77. The number of nitrogens with one attached hydrogen (secondary N) is 3. The van der Waals surface area contributed by atoms with Crippen LogP contribution in [0.3, 0.4) is 0 Å². The second kappa shape index (κ2) is 8.62. The predicted molar refractivity (Wildman–Crippen MR) is 108 cm³/mol. The Bertz CT molecular complexity index is 830. The highest BCUT2D eigenvalue weighted by molar-refractivity contribution is 7.80. The van der Waals surface area contributed by atoms with Crippen LogP contribution in [0.5, 0.6) is 0 Å². The van der Waals surface area contributed by atoms with Crippen molar-refractivity contribution in [1.29, 1.82) is 0 Å². The number of hydrogen-bond acceptors (Lipinski definition) is 3. The molecule has 1 aliphatic rings. The van der Waals surface area contributed by atoms with Crippen LogP contribution in [-0.4, -0.2) is 61.4 Å². The number of aromatic nitrogens is 1. The molecule has 7 heteroatoms. The lowest BCUT2D eigenvalue weighted by molar-refractivity contribution is -0.907. The Morgan fingerprint density at radius 3 is 2.88 bits per heavy atom. The average molecular weight is 376 g/mol. The number of quaternary nitrogens is 1. The maximum atomic E-state index is 12.6. The third kappa shape index (κ3) is 4.41. The summed E-state index contributed by atoms with van der Waals surface area (Å²) in [5.74, 6) is 0. The van der Waals surface area contributed by atoms with Gasteiger partial charge in [-0.05, 0) is 36.2 Å². The Labute approximate surface area is 159 Å². The quantitative estimate of drug-likeness (QED) is 0.645. The zero-order valence-corrected chi connectivity index (χ0v) is 16.2. The first-order valence-electron chi connectivity index (χ1n) is 9.08. The number of H-pyrrole nitrogens is 1. The van der Waals surface area contributed by atoms with Crippen molar-refractivity contribution in [2.24, 2.45) is 0 Å². The molecule has 0 bridgehead atoms. The van der Waals surface area contributed by atoms with Crippen LogP contribution in [0.4, 0.5) is 0 Å². The Morgan fingerprint density at radius 1 is 1.38 bits per heavy atom. The van der Waals surface area contributed by atoms with Crippen LogP contribution in [0.2, 0.25) is 0 Å². The smallest absolute Gasteiger partial charge is 0.253 e. The number of para-hydroxylation sites is 1. The zero-order valence-electron chi connectivity index (χ0n) is 15.4. The first kappa shape index (κ1) is 18.8. The van der Waals surface area contributed by atoms with Crippen LogP contribution < -0.4 is 15.8 Å². The first-order valence-corrected chi connectivity index (χ1v) is 9.49. The average Bonchev–Trinajstić information content (AvgIpc) is 2.66. The van der Waals surface area contributed by atoms with Gasteiger partial charge in [0.05, 0.1) is 38.4 Å². The maximum Gasteiger partial charge on any atom is 0.253 e. The molecule has 2 heterocycles. The molecule has 1 aliphatic heterocycles. The largest absolute Gasteiger partial charge is 0.370 e. The molecule has 0 radical (unpaired) electrons. The summed E-state index contributed by atoms with van der Waals surface area (Å²) in [6, 6.07) is 8.03. The molecule has 3 rings (SSSR count). The fraction of sp³-hybridized carbons (Fsp3) is 0.474. The number of thiocarbonyl (C=S) groups is 1. The van der Waals surface area contributed by atoms with Crippen molar-refractivity contribution < 1.29 is 9.64 Å². The molecule has 2 aromatic rings. The molecule has 1 fully saturated rings. The molecular weight excluding hydrogens is 348 g/mol. The van der Waals surface area contributed by atoms with Crippen molar-refractivity contribution in [3.05, 3.63) is 45.7 Å². The lowest BCUT2D eigenvalue weighted by Crippen LogP contribution is -3.14. The number of aryl methyl sites for hydroxylation is 1. The van der Waals surface area contributed by atoms with Crippen LogP contribution in [-0.2, 0) is 11.3 Å². The minimum absolute atomic E-state index is 0.0468. The van der Waals surface area contributed by atoms with E-state index in [1.807, 2.05) is 38.2 Å². The Hall–Kier alpha value is -1.96. The van der Waals surface area contributed by atoms with Gasteiger partial charge in [-0.25, -0.2) is 0 Å². The summed E-state index contributed by atoms with van der Waals surface area (Å²) in [6.45, 7) is 7.97. The number of fused-ring (bicyclic) bond motifs is 1. The number of morpholine rings is 1. The fourth-order valence-electron chi connectivity index (χ4n) is 3.37. The second-order valence-corrected chi connectivity index (χ2v) is 7.14. The number of nitrogens with zero attached hydrogens (tertiary/aromatic N) is 1. The van der Waals surface area contributed by atoms with Gasteiger partial charge >= 0.3 is 0 Å². The normalized spacial score (nSPS) is 15.2. The van der Waals surface area contributed by atoms with Gasteiger partial charge in [0.25, 0.3) is 5.56 Å². The molecule has 1 aromatic heterocycles. The molecule has 0 aliphatic carbocycles. The van der Waals surface area contributed by atoms with Gasteiger partial charge in [-0.15, -0.1) is 0 Å². The lowest BCUT2D eigenvalue weighted by atomic mass is 10.1. The van der Waals surface area contributed by atoms with E-state index in [1.54, 1.807) is 0 Å². The topological polar surface area (TPSA) is 61.8 Å². The molecule has 1 aromatic carbocycles. The molecule has 140 valence electrons. The SMILES string of the molecule is CNC(=S)N(CC[NH+]1CCOCC1)Cc1cc2cccc(C)c2[nH]c1=O. The van der Waals surface area contributed by atoms with Gasteiger partial charge in [0.15, 0.2) is 5.11 Å². The number of aromatic amines is 1. The van der Waals surface area contributed by atoms with E-state index in [1.165, 1.54) is 4.90 Å². The first-order chi connectivity index (χ1) is 12.6. The van der Waals surface area contributed by atoms with E-state index in [0.717, 1.165) is 61.4 Å². The number of hydrogen-bond donors (Lipinski definition) is 3. The van der Waals surface area contributed by atoms with Crippen molar-refractivity contribution in [2.45, 2.75) is 13.5 Å². The lowest BCUT2D eigenvalue weighted by Gasteiger charge is -2.29. The van der Waals surface area contributed by atoms with Gasteiger partial charge in [0.2, 0.25) is 0 Å². The highest BCUT2D eigenvalue weighted by Gasteiger charge is 2.18. The number of pyridine rings is 1. The van der Waals surface area contributed by atoms with Crippen LogP contribution in [0.1, 0.15) is 11.1 Å². The Kier molecular flexibility index (Phi) is 6.24. The zero-order chi connectivity index (χ0) is 18.5. The number of rotatable bonds is 5. The van der Waals surface area contributed by atoms with Crippen molar-refractivity contribution >= 4 is 28.2 Å². The van der Waals surface area contributed by atoms with E-state index in [4.69, 9.17) is 17.0 Å². The minimum Gasteiger partial charge on any atom is -0.370 e. The van der Waals surface area contributed by atoms with E-state index in [-0.39, 0.29) is 5.56 Å². The van der Waals surface area contributed by atoms with Gasteiger partial charge in [-0.1, -0.05) is 18.2 Å². The van der Waals surface area contributed by atoms with Gasteiger partial charge in [0.1, 0.15) is 13.1 Å². The molecule has 1 saturated heterocycles. The summed E-state index contributed by atoms with van der Waals surface area (Å²) in [4.78, 5) is 19.2. The number of ether oxygens (including phenoxy) is 1. The van der Waals surface area contributed by atoms with E-state index in [9.17, 15) is 4.79 Å². The van der Waals surface area contributed by atoms with Gasteiger partial charge in [0, 0.05) is 12.6 Å². The summed E-state index contributed by atoms with van der Waals surface area (Å²) in [7, 11) is 1.82. The standard InChI is InChI=1S/C19H26N4O2S/c1-14-4-3-5-15-12-16(18(24)21-17(14)15)13-23(19(26)20-2)7-6-22-8-10-25-11-9-22/h3-5,12H,6-11,13H2,1-2H3,(H,20,26)(H,21,24)/p+1. The molecule has 3 N–H and O–H groups in total. The highest BCUT2D eigenvalue weighted by Crippen LogP contribution is 2.15. The second-order valence-electron chi connectivity index (χ2n) is 6.75. The molecule has 0 amide bonds. The predicted octanol–water partition coefficient (Wildman–Crippen LogP) is 0.0579. The third-order valence-corrected chi connectivity index (χ3v) is 5.42. The molecular formula is C19H27N4O2S+.